The van der Waals surface area contributed by atoms with Gasteiger partial charge >= 0.3 is 0 Å². The highest BCUT2D eigenvalue weighted by Crippen LogP contribution is 2.33. The third kappa shape index (κ3) is 3.22. The molecule has 3 nitrogen and oxygen atoms in total. The van der Waals surface area contributed by atoms with Gasteiger partial charge in [0.2, 0.25) is 0 Å². The summed E-state index contributed by atoms with van der Waals surface area (Å²) < 4.78 is 1.19. The number of thiazole rings is 1. The fourth-order valence-electron chi connectivity index (χ4n) is 3.77. The zero-order chi connectivity index (χ0) is 18.2. The number of nitrogens with zero attached hydrogens (tertiary/aromatic N) is 2. The molecule has 4 heteroatoms. The molecule has 0 spiro atoms. The number of phenols is 1. The van der Waals surface area contributed by atoms with E-state index in [1.165, 1.54) is 15.8 Å². The molecular formula is C23H20N2OS. The SMILES string of the molecule is Oc1ccc(-c2nc3ccccc3s2)cc1CN1CCc2ccccc2C1. The third-order valence-corrected chi connectivity index (χ3v) is 6.31. The van der Waals surface area contributed by atoms with Crippen LogP contribution < -0.4 is 0 Å². The Morgan fingerprint density at radius 2 is 1.78 bits per heavy atom. The summed E-state index contributed by atoms with van der Waals surface area (Å²) in [6.45, 7) is 2.70. The van der Waals surface area contributed by atoms with Crippen LogP contribution in [0.4, 0.5) is 0 Å². The molecule has 0 amide bonds. The van der Waals surface area contributed by atoms with Crippen molar-refractivity contribution in [2.45, 2.75) is 19.5 Å². The third-order valence-electron chi connectivity index (χ3n) is 5.22. The van der Waals surface area contributed by atoms with Gasteiger partial charge in [0, 0.05) is 30.8 Å². The van der Waals surface area contributed by atoms with Gasteiger partial charge in [-0.3, -0.25) is 4.90 Å². The summed E-state index contributed by atoms with van der Waals surface area (Å²) in [5, 5.41) is 11.4. The molecule has 0 atom stereocenters. The number of aromatic hydroxyl groups is 1. The standard InChI is InChI=1S/C23H20N2OS/c26-21-10-9-17(23-24-20-7-3-4-8-22(20)27-23)13-19(21)15-25-12-11-16-5-1-2-6-18(16)14-25/h1-10,13,26H,11-12,14-15H2. The van der Waals surface area contributed by atoms with Gasteiger partial charge in [-0.2, -0.15) is 0 Å². The highest BCUT2D eigenvalue weighted by Gasteiger charge is 2.18. The van der Waals surface area contributed by atoms with Crippen molar-refractivity contribution < 1.29 is 5.11 Å². The molecule has 0 unspecified atom stereocenters. The first-order valence-corrected chi connectivity index (χ1v) is 10.0. The fraction of sp³-hybridized carbons (Fsp3) is 0.174. The van der Waals surface area contributed by atoms with Crippen molar-refractivity contribution >= 4 is 21.6 Å². The van der Waals surface area contributed by atoms with E-state index in [1.807, 2.05) is 24.3 Å². The Labute approximate surface area is 162 Å². The Kier molecular flexibility index (Phi) is 4.15. The van der Waals surface area contributed by atoms with Gasteiger partial charge in [-0.25, -0.2) is 4.98 Å². The number of fused-ring (bicyclic) bond motifs is 2. The summed E-state index contributed by atoms with van der Waals surface area (Å²) in [6, 6.07) is 22.7. The van der Waals surface area contributed by atoms with Gasteiger partial charge in [0.15, 0.2) is 0 Å². The highest BCUT2D eigenvalue weighted by atomic mass is 32.1. The van der Waals surface area contributed by atoms with Gasteiger partial charge in [0.25, 0.3) is 0 Å². The van der Waals surface area contributed by atoms with Crippen LogP contribution in [0, 0.1) is 0 Å². The summed E-state index contributed by atoms with van der Waals surface area (Å²) in [7, 11) is 0. The average Bonchev–Trinajstić information content (AvgIpc) is 3.14. The molecule has 0 bridgehead atoms. The molecule has 134 valence electrons. The number of aromatic nitrogens is 1. The molecule has 2 heterocycles. The Bertz CT molecular complexity index is 1090. The molecular weight excluding hydrogens is 352 g/mol. The topological polar surface area (TPSA) is 36.4 Å². The van der Waals surface area contributed by atoms with E-state index in [9.17, 15) is 5.11 Å². The molecule has 0 fully saturated rings. The lowest BCUT2D eigenvalue weighted by atomic mass is 9.99. The van der Waals surface area contributed by atoms with E-state index in [0.717, 1.165) is 47.7 Å². The summed E-state index contributed by atoms with van der Waals surface area (Å²) in [4.78, 5) is 7.16. The number of benzene rings is 3. The van der Waals surface area contributed by atoms with Crippen LogP contribution in [0.1, 0.15) is 16.7 Å². The smallest absolute Gasteiger partial charge is 0.124 e. The quantitative estimate of drug-likeness (QED) is 0.535. The fourth-order valence-corrected chi connectivity index (χ4v) is 4.73. The van der Waals surface area contributed by atoms with Crippen LogP contribution in [0.2, 0.25) is 0 Å². The van der Waals surface area contributed by atoms with E-state index < -0.39 is 0 Å². The minimum Gasteiger partial charge on any atom is -0.508 e. The van der Waals surface area contributed by atoms with Crippen molar-refractivity contribution in [2.24, 2.45) is 0 Å². The second-order valence-corrected chi connectivity index (χ2v) is 8.09. The van der Waals surface area contributed by atoms with Gasteiger partial charge in [-0.05, 0) is 47.9 Å². The highest BCUT2D eigenvalue weighted by molar-refractivity contribution is 7.21. The van der Waals surface area contributed by atoms with Gasteiger partial charge in [0.05, 0.1) is 10.2 Å². The minimum absolute atomic E-state index is 0.360. The van der Waals surface area contributed by atoms with Gasteiger partial charge in [-0.15, -0.1) is 11.3 Å². The van der Waals surface area contributed by atoms with E-state index in [-0.39, 0.29) is 0 Å². The summed E-state index contributed by atoms with van der Waals surface area (Å²) in [5.74, 6) is 0.360. The van der Waals surface area contributed by atoms with Crippen LogP contribution in [0.15, 0.2) is 66.7 Å². The molecule has 3 aromatic carbocycles. The summed E-state index contributed by atoms with van der Waals surface area (Å²) in [5.41, 5.74) is 5.90. The summed E-state index contributed by atoms with van der Waals surface area (Å²) >= 11 is 1.70. The molecule has 1 aliphatic rings. The van der Waals surface area contributed by atoms with Crippen LogP contribution in [0.3, 0.4) is 0 Å². The van der Waals surface area contributed by atoms with E-state index in [2.05, 4.69) is 41.3 Å². The lowest BCUT2D eigenvalue weighted by Crippen LogP contribution is -2.30. The van der Waals surface area contributed by atoms with Crippen LogP contribution >= 0.6 is 11.3 Å². The maximum absolute atomic E-state index is 10.4. The lowest BCUT2D eigenvalue weighted by Gasteiger charge is -2.29. The second kappa shape index (κ2) is 6.80. The molecule has 1 aliphatic heterocycles. The van der Waals surface area contributed by atoms with Crippen molar-refractivity contribution in [1.29, 1.82) is 0 Å². The van der Waals surface area contributed by atoms with Crippen molar-refractivity contribution in [3.8, 4) is 16.3 Å². The normalized spacial score (nSPS) is 14.4. The van der Waals surface area contributed by atoms with Gasteiger partial charge < -0.3 is 5.11 Å². The molecule has 0 saturated heterocycles. The number of rotatable bonds is 3. The van der Waals surface area contributed by atoms with Crippen molar-refractivity contribution in [3.05, 3.63) is 83.4 Å². The average molecular weight is 372 g/mol. The van der Waals surface area contributed by atoms with Crippen molar-refractivity contribution in [2.75, 3.05) is 6.54 Å². The lowest BCUT2D eigenvalue weighted by molar-refractivity contribution is 0.242. The van der Waals surface area contributed by atoms with Crippen LogP contribution in [-0.4, -0.2) is 21.5 Å². The van der Waals surface area contributed by atoms with Gasteiger partial charge in [0.1, 0.15) is 10.8 Å². The summed E-state index contributed by atoms with van der Waals surface area (Å²) in [6.07, 6.45) is 1.06. The Morgan fingerprint density at radius 3 is 2.67 bits per heavy atom. The van der Waals surface area contributed by atoms with Crippen molar-refractivity contribution in [3.63, 3.8) is 0 Å². The second-order valence-electron chi connectivity index (χ2n) is 7.06. The van der Waals surface area contributed by atoms with Gasteiger partial charge in [-0.1, -0.05) is 36.4 Å². The maximum atomic E-state index is 10.4. The monoisotopic (exact) mass is 372 g/mol. The first-order chi connectivity index (χ1) is 13.3. The Balaban J connectivity index is 1.42. The first kappa shape index (κ1) is 16.5. The van der Waals surface area contributed by atoms with Crippen LogP contribution in [0.5, 0.6) is 5.75 Å². The maximum Gasteiger partial charge on any atom is 0.124 e. The molecule has 5 rings (SSSR count). The minimum atomic E-state index is 0.360. The zero-order valence-corrected chi connectivity index (χ0v) is 15.7. The number of para-hydroxylation sites is 1. The number of phenolic OH excluding ortho intramolecular Hbond substituents is 1. The van der Waals surface area contributed by atoms with Crippen molar-refractivity contribution in [1.82, 2.24) is 9.88 Å². The predicted octanol–water partition coefficient (Wildman–Crippen LogP) is 5.23. The molecule has 1 N–H and O–H groups in total. The van der Waals surface area contributed by atoms with E-state index in [4.69, 9.17) is 4.98 Å². The number of hydrogen-bond acceptors (Lipinski definition) is 4. The Hall–Kier alpha value is -2.69. The first-order valence-electron chi connectivity index (χ1n) is 9.23. The molecule has 0 radical (unpaired) electrons. The van der Waals surface area contributed by atoms with Crippen LogP contribution in [-0.2, 0) is 19.5 Å². The van der Waals surface area contributed by atoms with E-state index >= 15 is 0 Å². The molecule has 1 aromatic heterocycles. The molecule has 27 heavy (non-hydrogen) atoms. The zero-order valence-electron chi connectivity index (χ0n) is 14.9. The largest absolute Gasteiger partial charge is 0.508 e. The van der Waals surface area contributed by atoms with Crippen LogP contribution in [0.25, 0.3) is 20.8 Å². The molecule has 0 aliphatic carbocycles. The van der Waals surface area contributed by atoms with E-state index in [0.29, 0.717) is 5.75 Å². The Morgan fingerprint density at radius 1 is 0.963 bits per heavy atom. The molecule has 0 saturated carbocycles. The number of hydrogen-bond donors (Lipinski definition) is 1. The van der Waals surface area contributed by atoms with E-state index in [1.54, 1.807) is 17.4 Å². The molecule has 4 aromatic rings. The predicted molar refractivity (Wildman–Crippen MR) is 111 cm³/mol.